The second-order valence-electron chi connectivity index (χ2n) is 7.33. The SMILES string of the molecule is CCOC(=O)C1=NN(C(=O)Nc2ccccc2)[C@@H]2C(=O)N(c3cccc(C(F)(F)F)c3)C(=O)[C@H]12. The number of hydrogen-bond acceptors (Lipinski definition) is 6. The highest BCUT2D eigenvalue weighted by Gasteiger charge is 2.60. The molecule has 12 heteroatoms. The highest BCUT2D eigenvalue weighted by molar-refractivity contribution is 6.47. The minimum absolute atomic E-state index is 0.0646. The van der Waals surface area contributed by atoms with Crippen molar-refractivity contribution in [2.45, 2.75) is 19.1 Å². The number of ether oxygens (including phenoxy) is 1. The summed E-state index contributed by atoms with van der Waals surface area (Å²) in [6, 6.07) is 9.31. The summed E-state index contributed by atoms with van der Waals surface area (Å²) in [5.74, 6) is -4.53. The number of halogens is 3. The van der Waals surface area contributed by atoms with E-state index in [0.29, 0.717) is 21.7 Å². The van der Waals surface area contributed by atoms with Gasteiger partial charge in [-0.1, -0.05) is 24.3 Å². The molecule has 0 spiro atoms. The van der Waals surface area contributed by atoms with Crippen LogP contribution >= 0.6 is 0 Å². The molecular formula is C22H17F3N4O5. The molecule has 2 aliphatic heterocycles. The van der Waals surface area contributed by atoms with Gasteiger partial charge in [0.1, 0.15) is 5.92 Å². The highest BCUT2D eigenvalue weighted by atomic mass is 19.4. The summed E-state index contributed by atoms with van der Waals surface area (Å²) in [6.07, 6.45) is -4.71. The maximum Gasteiger partial charge on any atom is 0.416 e. The number of fused-ring (bicyclic) bond motifs is 1. The fourth-order valence-corrected chi connectivity index (χ4v) is 3.73. The summed E-state index contributed by atoms with van der Waals surface area (Å²) in [5, 5.41) is 7.04. The molecule has 0 unspecified atom stereocenters. The molecule has 2 aliphatic rings. The van der Waals surface area contributed by atoms with Crippen molar-refractivity contribution in [3.05, 3.63) is 60.2 Å². The van der Waals surface area contributed by atoms with Crippen LogP contribution in [0.15, 0.2) is 59.7 Å². The first kappa shape index (κ1) is 23.0. The van der Waals surface area contributed by atoms with E-state index in [2.05, 4.69) is 10.4 Å². The Morgan fingerprint density at radius 1 is 1.06 bits per heavy atom. The van der Waals surface area contributed by atoms with Gasteiger partial charge >= 0.3 is 18.2 Å². The zero-order valence-electron chi connectivity index (χ0n) is 17.6. The van der Waals surface area contributed by atoms with Crippen molar-refractivity contribution in [2.75, 3.05) is 16.8 Å². The molecular weight excluding hydrogens is 457 g/mol. The molecule has 2 atom stereocenters. The molecule has 176 valence electrons. The van der Waals surface area contributed by atoms with Crippen LogP contribution in [0.4, 0.5) is 29.3 Å². The average Bonchev–Trinajstić information content (AvgIpc) is 3.31. The van der Waals surface area contributed by atoms with Gasteiger partial charge in [-0.3, -0.25) is 9.59 Å². The van der Waals surface area contributed by atoms with Gasteiger partial charge < -0.3 is 10.1 Å². The number of hydrogen-bond donors (Lipinski definition) is 1. The first-order valence-corrected chi connectivity index (χ1v) is 10.1. The van der Waals surface area contributed by atoms with E-state index in [1.54, 1.807) is 30.3 Å². The molecule has 0 aromatic heterocycles. The summed E-state index contributed by atoms with van der Waals surface area (Å²) in [7, 11) is 0. The van der Waals surface area contributed by atoms with Gasteiger partial charge in [-0.25, -0.2) is 19.5 Å². The number of carbonyl (C=O) groups excluding carboxylic acids is 4. The van der Waals surface area contributed by atoms with Crippen molar-refractivity contribution in [3.63, 3.8) is 0 Å². The number of alkyl halides is 3. The van der Waals surface area contributed by atoms with E-state index < -0.39 is 53.2 Å². The second-order valence-corrected chi connectivity index (χ2v) is 7.33. The van der Waals surface area contributed by atoms with Crippen LogP contribution in [-0.4, -0.2) is 47.2 Å². The molecule has 2 aromatic rings. The monoisotopic (exact) mass is 474 g/mol. The quantitative estimate of drug-likeness (QED) is 0.541. The Morgan fingerprint density at radius 3 is 2.41 bits per heavy atom. The van der Waals surface area contributed by atoms with E-state index >= 15 is 0 Å². The van der Waals surface area contributed by atoms with Crippen molar-refractivity contribution >= 4 is 40.9 Å². The number of imide groups is 1. The third-order valence-corrected chi connectivity index (χ3v) is 5.20. The lowest BCUT2D eigenvalue weighted by Crippen LogP contribution is -2.44. The van der Waals surface area contributed by atoms with Gasteiger partial charge in [-0.05, 0) is 37.3 Å². The van der Waals surface area contributed by atoms with Crippen molar-refractivity contribution in [1.29, 1.82) is 0 Å². The molecule has 34 heavy (non-hydrogen) atoms. The maximum absolute atomic E-state index is 13.2. The molecule has 1 saturated heterocycles. The normalized spacial score (nSPS) is 19.7. The lowest BCUT2D eigenvalue weighted by atomic mass is 9.98. The summed E-state index contributed by atoms with van der Waals surface area (Å²) in [5.41, 5.74) is -1.54. The predicted octanol–water partition coefficient (Wildman–Crippen LogP) is 3.03. The Bertz CT molecular complexity index is 1200. The molecule has 1 fully saturated rings. The Labute approximate surface area is 190 Å². The zero-order valence-corrected chi connectivity index (χ0v) is 17.6. The van der Waals surface area contributed by atoms with E-state index in [0.717, 1.165) is 18.2 Å². The number of anilines is 2. The Balaban J connectivity index is 1.72. The molecule has 9 nitrogen and oxygen atoms in total. The Morgan fingerprint density at radius 2 is 1.76 bits per heavy atom. The third-order valence-electron chi connectivity index (χ3n) is 5.20. The van der Waals surface area contributed by atoms with Crippen LogP contribution in [-0.2, 0) is 25.3 Å². The highest BCUT2D eigenvalue weighted by Crippen LogP contribution is 2.38. The van der Waals surface area contributed by atoms with Gasteiger partial charge in [-0.2, -0.15) is 18.3 Å². The topological polar surface area (TPSA) is 108 Å². The van der Waals surface area contributed by atoms with E-state index in [1.807, 2.05) is 0 Å². The number of rotatable bonds is 4. The number of esters is 1. The molecule has 4 rings (SSSR count). The summed E-state index contributed by atoms with van der Waals surface area (Å²) >= 11 is 0. The second kappa shape index (κ2) is 8.61. The standard InChI is InChI=1S/C22H17F3N4O5/c1-2-34-20(32)16-15-17(29(27-16)21(33)26-13-8-4-3-5-9-13)19(31)28(18(15)30)14-10-6-7-12(11-14)22(23,24)25/h3-11,15,17H,2H2,1H3,(H,26,33)/t15-,17+/m1/s1. The third kappa shape index (κ3) is 3.98. The summed E-state index contributed by atoms with van der Waals surface area (Å²) in [4.78, 5) is 52.3. The van der Waals surface area contributed by atoms with Crippen LogP contribution in [0.25, 0.3) is 0 Å². The fraction of sp³-hybridized carbons (Fsp3) is 0.227. The van der Waals surface area contributed by atoms with Crippen LogP contribution in [0, 0.1) is 5.92 Å². The van der Waals surface area contributed by atoms with E-state index in [9.17, 15) is 32.3 Å². The molecule has 1 N–H and O–H groups in total. The first-order chi connectivity index (χ1) is 16.1. The van der Waals surface area contributed by atoms with Crippen LogP contribution in [0.5, 0.6) is 0 Å². The number of nitrogens with one attached hydrogen (secondary N) is 1. The smallest absolute Gasteiger partial charge is 0.416 e. The van der Waals surface area contributed by atoms with Crippen LogP contribution in [0.3, 0.4) is 0 Å². The number of carbonyl (C=O) groups is 4. The van der Waals surface area contributed by atoms with Crippen molar-refractivity contribution in [1.82, 2.24) is 5.01 Å². The van der Waals surface area contributed by atoms with Crippen LogP contribution in [0.1, 0.15) is 12.5 Å². The number of urea groups is 1. The summed E-state index contributed by atoms with van der Waals surface area (Å²) < 4.78 is 44.4. The van der Waals surface area contributed by atoms with Crippen molar-refractivity contribution in [2.24, 2.45) is 11.0 Å². The summed E-state index contributed by atoms with van der Waals surface area (Å²) in [6.45, 7) is 1.45. The minimum atomic E-state index is -4.71. The van der Waals surface area contributed by atoms with Crippen LogP contribution in [0.2, 0.25) is 0 Å². The molecule has 4 amide bonds. The van der Waals surface area contributed by atoms with Crippen molar-refractivity contribution in [3.8, 4) is 0 Å². The Hall–Kier alpha value is -4.22. The average molecular weight is 474 g/mol. The maximum atomic E-state index is 13.2. The lowest BCUT2D eigenvalue weighted by molar-refractivity contribution is -0.137. The van der Waals surface area contributed by atoms with Gasteiger partial charge in [0.05, 0.1) is 17.9 Å². The van der Waals surface area contributed by atoms with Crippen LogP contribution < -0.4 is 10.2 Å². The van der Waals surface area contributed by atoms with E-state index in [1.165, 1.54) is 6.92 Å². The number of amides is 4. The number of benzene rings is 2. The van der Waals surface area contributed by atoms with E-state index in [-0.39, 0.29) is 12.3 Å². The molecule has 2 heterocycles. The number of hydrazone groups is 1. The zero-order chi connectivity index (χ0) is 24.6. The molecule has 0 saturated carbocycles. The van der Waals surface area contributed by atoms with Gasteiger partial charge in [-0.15, -0.1) is 0 Å². The van der Waals surface area contributed by atoms with E-state index in [4.69, 9.17) is 4.74 Å². The molecule has 0 aliphatic carbocycles. The first-order valence-electron chi connectivity index (χ1n) is 10.1. The van der Waals surface area contributed by atoms with Gasteiger partial charge in [0.25, 0.3) is 5.91 Å². The molecule has 0 radical (unpaired) electrons. The van der Waals surface area contributed by atoms with Gasteiger partial charge in [0.2, 0.25) is 5.91 Å². The number of para-hydroxylation sites is 1. The minimum Gasteiger partial charge on any atom is -0.461 e. The number of nitrogens with zero attached hydrogens (tertiary/aromatic N) is 3. The predicted molar refractivity (Wildman–Crippen MR) is 113 cm³/mol. The molecule has 2 aromatic carbocycles. The van der Waals surface area contributed by atoms with Gasteiger partial charge in [0, 0.05) is 5.69 Å². The fourth-order valence-electron chi connectivity index (χ4n) is 3.73. The van der Waals surface area contributed by atoms with Gasteiger partial charge in [0.15, 0.2) is 11.8 Å². The lowest BCUT2D eigenvalue weighted by Gasteiger charge is -2.21. The molecule has 0 bridgehead atoms. The largest absolute Gasteiger partial charge is 0.461 e. The van der Waals surface area contributed by atoms with Crippen molar-refractivity contribution < 1.29 is 37.1 Å². The Kier molecular flexibility index (Phi) is 5.82.